The number of rotatable bonds is 8. The molecule has 112 valence electrons. The lowest BCUT2D eigenvalue weighted by Gasteiger charge is -2.08. The monoisotopic (exact) mass is 300 g/mol. The second kappa shape index (κ2) is 7.40. The van der Waals surface area contributed by atoms with E-state index in [0.29, 0.717) is 12.2 Å². The summed E-state index contributed by atoms with van der Waals surface area (Å²) in [5.74, 6) is -1.27. The number of ether oxygens (including phenoxy) is 1. The lowest BCUT2D eigenvalue weighted by atomic mass is 10.1. The van der Waals surface area contributed by atoms with Crippen molar-refractivity contribution in [2.45, 2.75) is 31.6 Å². The smallest absolute Gasteiger partial charge is 0.335 e. The average molecular weight is 300 g/mol. The minimum absolute atomic E-state index is 0.0120. The molecule has 20 heavy (non-hydrogen) atoms. The van der Waals surface area contributed by atoms with Gasteiger partial charge >= 0.3 is 5.97 Å². The lowest BCUT2D eigenvalue weighted by molar-refractivity contribution is 0.0696. The zero-order valence-corrected chi connectivity index (χ0v) is 12.6. The first-order valence-corrected chi connectivity index (χ1v) is 8.18. The second-order valence-corrected chi connectivity index (χ2v) is 6.68. The predicted molar refractivity (Wildman–Crippen MR) is 75.9 cm³/mol. The summed E-state index contributed by atoms with van der Waals surface area (Å²) in [5.41, 5.74) is 0.550. The molecule has 0 aliphatic rings. The van der Waals surface area contributed by atoms with Gasteiger partial charge in [-0.3, -0.25) is 0 Å². The van der Waals surface area contributed by atoms with Crippen molar-refractivity contribution in [2.75, 3.05) is 19.0 Å². The van der Waals surface area contributed by atoms with E-state index in [1.807, 2.05) is 6.92 Å². The highest BCUT2D eigenvalue weighted by molar-refractivity contribution is 7.91. The van der Waals surface area contributed by atoms with Crippen molar-refractivity contribution < 1.29 is 23.1 Å². The summed E-state index contributed by atoms with van der Waals surface area (Å²) in [6.07, 6.45) is 1.89. The van der Waals surface area contributed by atoms with Crippen molar-refractivity contribution in [3.63, 3.8) is 0 Å². The average Bonchev–Trinajstić information content (AvgIpc) is 2.38. The van der Waals surface area contributed by atoms with Gasteiger partial charge < -0.3 is 9.84 Å². The molecule has 0 bridgehead atoms. The molecule has 1 rings (SSSR count). The number of sulfone groups is 1. The first kappa shape index (κ1) is 16.7. The van der Waals surface area contributed by atoms with Crippen LogP contribution in [0.3, 0.4) is 0 Å². The third kappa shape index (κ3) is 4.61. The zero-order valence-electron chi connectivity index (χ0n) is 11.8. The van der Waals surface area contributed by atoms with Gasteiger partial charge in [0, 0.05) is 6.61 Å². The Morgan fingerprint density at radius 3 is 2.60 bits per heavy atom. The summed E-state index contributed by atoms with van der Waals surface area (Å²) in [5, 5.41) is 9.01. The summed E-state index contributed by atoms with van der Waals surface area (Å²) >= 11 is 0. The van der Waals surface area contributed by atoms with Gasteiger partial charge in [-0.25, -0.2) is 13.2 Å². The first-order valence-electron chi connectivity index (χ1n) is 6.53. The predicted octanol–water partition coefficient (Wildman–Crippen LogP) is 2.28. The van der Waals surface area contributed by atoms with E-state index in [0.717, 1.165) is 12.8 Å². The Morgan fingerprint density at radius 1 is 1.30 bits per heavy atom. The SMILES string of the molecule is CCCCOCCS(=O)(=O)c1ccc(C)c(C(=O)O)c1. The highest BCUT2D eigenvalue weighted by Crippen LogP contribution is 2.17. The van der Waals surface area contributed by atoms with Gasteiger partial charge in [0.15, 0.2) is 9.84 Å². The molecule has 6 heteroatoms. The van der Waals surface area contributed by atoms with E-state index in [4.69, 9.17) is 9.84 Å². The van der Waals surface area contributed by atoms with Crippen molar-refractivity contribution in [2.24, 2.45) is 0 Å². The number of carboxylic acid groups (broad SMARTS) is 1. The summed E-state index contributed by atoms with van der Waals surface area (Å²) in [6.45, 7) is 4.33. The molecule has 0 saturated heterocycles. The van der Waals surface area contributed by atoms with Crippen LogP contribution in [0.5, 0.6) is 0 Å². The normalized spacial score (nSPS) is 11.5. The van der Waals surface area contributed by atoms with Crippen LogP contribution in [0, 0.1) is 6.92 Å². The Kier molecular flexibility index (Phi) is 6.16. The summed E-state index contributed by atoms with van der Waals surface area (Å²) in [4.78, 5) is 11.0. The Bertz CT molecular complexity index is 563. The maximum atomic E-state index is 12.1. The third-order valence-corrected chi connectivity index (χ3v) is 4.61. The fraction of sp³-hybridized carbons (Fsp3) is 0.500. The highest BCUT2D eigenvalue weighted by atomic mass is 32.2. The van der Waals surface area contributed by atoms with Gasteiger partial charge in [0.05, 0.1) is 22.8 Å². The van der Waals surface area contributed by atoms with Gasteiger partial charge in [-0.15, -0.1) is 0 Å². The van der Waals surface area contributed by atoms with Gasteiger partial charge in [0.1, 0.15) is 0 Å². The summed E-state index contributed by atoms with van der Waals surface area (Å²) in [7, 11) is -3.51. The summed E-state index contributed by atoms with van der Waals surface area (Å²) < 4.78 is 29.4. The van der Waals surface area contributed by atoms with Gasteiger partial charge in [-0.05, 0) is 31.0 Å². The number of hydrogen-bond donors (Lipinski definition) is 1. The van der Waals surface area contributed by atoms with E-state index >= 15 is 0 Å². The van der Waals surface area contributed by atoms with Gasteiger partial charge in [-0.2, -0.15) is 0 Å². The Balaban J connectivity index is 2.77. The number of benzene rings is 1. The maximum Gasteiger partial charge on any atom is 0.335 e. The van der Waals surface area contributed by atoms with Gasteiger partial charge in [0.25, 0.3) is 0 Å². The molecule has 0 aliphatic carbocycles. The number of unbranched alkanes of at least 4 members (excludes halogenated alkanes) is 1. The molecule has 0 radical (unpaired) electrons. The van der Waals surface area contributed by atoms with E-state index in [1.54, 1.807) is 6.92 Å². The van der Waals surface area contributed by atoms with Crippen molar-refractivity contribution in [1.82, 2.24) is 0 Å². The zero-order chi connectivity index (χ0) is 15.2. The quantitative estimate of drug-likeness (QED) is 0.745. The number of aromatic carboxylic acids is 1. The molecule has 0 aliphatic heterocycles. The third-order valence-electron chi connectivity index (χ3n) is 2.94. The molecular weight excluding hydrogens is 280 g/mol. The molecule has 1 aromatic carbocycles. The lowest BCUT2D eigenvalue weighted by Crippen LogP contribution is -2.14. The molecule has 0 amide bonds. The fourth-order valence-corrected chi connectivity index (χ4v) is 2.81. The molecule has 0 atom stereocenters. The van der Waals surface area contributed by atoms with Crippen LogP contribution in [-0.4, -0.2) is 38.5 Å². The molecule has 1 N–H and O–H groups in total. The standard InChI is InChI=1S/C14H20O5S/c1-3-4-7-19-8-9-20(17,18)12-6-5-11(2)13(10-12)14(15)16/h5-6,10H,3-4,7-9H2,1-2H3,(H,15,16). The molecule has 5 nitrogen and oxygen atoms in total. The summed E-state index contributed by atoms with van der Waals surface area (Å²) in [6, 6.07) is 4.15. The maximum absolute atomic E-state index is 12.1. The highest BCUT2D eigenvalue weighted by Gasteiger charge is 2.17. The van der Waals surface area contributed by atoms with E-state index < -0.39 is 15.8 Å². The van der Waals surface area contributed by atoms with Crippen molar-refractivity contribution in [1.29, 1.82) is 0 Å². The van der Waals surface area contributed by atoms with Crippen molar-refractivity contribution in [3.05, 3.63) is 29.3 Å². The molecule has 0 aromatic heterocycles. The molecule has 1 aromatic rings. The Hall–Kier alpha value is -1.40. The number of carbonyl (C=O) groups is 1. The molecule has 0 saturated carbocycles. The van der Waals surface area contributed by atoms with Crippen LogP contribution in [0.15, 0.2) is 23.1 Å². The van der Waals surface area contributed by atoms with Crippen LogP contribution in [0.25, 0.3) is 0 Å². The molecule has 0 spiro atoms. The second-order valence-electron chi connectivity index (χ2n) is 4.57. The number of carboxylic acids is 1. The minimum atomic E-state index is -3.51. The first-order chi connectivity index (χ1) is 9.38. The van der Waals surface area contributed by atoms with Crippen LogP contribution in [0.4, 0.5) is 0 Å². The molecule has 0 heterocycles. The van der Waals surface area contributed by atoms with E-state index in [2.05, 4.69) is 0 Å². The Morgan fingerprint density at radius 2 is 2.00 bits per heavy atom. The van der Waals surface area contributed by atoms with E-state index in [9.17, 15) is 13.2 Å². The van der Waals surface area contributed by atoms with Crippen LogP contribution in [0.1, 0.15) is 35.7 Å². The molecule has 0 unspecified atom stereocenters. The van der Waals surface area contributed by atoms with E-state index in [1.165, 1.54) is 18.2 Å². The van der Waals surface area contributed by atoms with Crippen LogP contribution in [-0.2, 0) is 14.6 Å². The van der Waals surface area contributed by atoms with Gasteiger partial charge in [-0.1, -0.05) is 19.4 Å². The van der Waals surface area contributed by atoms with E-state index in [-0.39, 0.29) is 22.8 Å². The van der Waals surface area contributed by atoms with Crippen molar-refractivity contribution >= 4 is 15.8 Å². The number of hydrogen-bond acceptors (Lipinski definition) is 4. The minimum Gasteiger partial charge on any atom is -0.478 e. The largest absolute Gasteiger partial charge is 0.478 e. The fourth-order valence-electron chi connectivity index (χ4n) is 1.66. The van der Waals surface area contributed by atoms with Crippen LogP contribution in [0.2, 0.25) is 0 Å². The van der Waals surface area contributed by atoms with Crippen LogP contribution < -0.4 is 0 Å². The van der Waals surface area contributed by atoms with Crippen molar-refractivity contribution in [3.8, 4) is 0 Å². The van der Waals surface area contributed by atoms with Crippen LogP contribution >= 0.6 is 0 Å². The van der Waals surface area contributed by atoms with Gasteiger partial charge in [0.2, 0.25) is 0 Å². The molecule has 0 fully saturated rings. The number of aryl methyl sites for hydroxylation is 1. The molecular formula is C14H20O5S. The Labute approximate surface area is 119 Å². The topological polar surface area (TPSA) is 80.7 Å².